The molecule has 1 unspecified atom stereocenters. The standard InChI is InChI=1S/C15H20N2O2/c18-15(14-10-19-8-7-16-14)17-13-6-5-11-3-1-2-4-12(11)9-13/h5-6,9,14,16H,1-4,7-8,10H2,(H,17,18). The first-order chi connectivity index (χ1) is 9.33. The number of rotatable bonds is 2. The van der Waals surface area contributed by atoms with E-state index in [2.05, 4.69) is 22.8 Å². The van der Waals surface area contributed by atoms with Crippen LogP contribution in [0.15, 0.2) is 18.2 Å². The zero-order valence-electron chi connectivity index (χ0n) is 11.1. The molecule has 1 heterocycles. The quantitative estimate of drug-likeness (QED) is 0.847. The predicted molar refractivity (Wildman–Crippen MR) is 74.3 cm³/mol. The Labute approximate surface area is 113 Å². The number of carbonyl (C=O) groups is 1. The van der Waals surface area contributed by atoms with Crippen LogP contribution in [0.5, 0.6) is 0 Å². The molecule has 4 heteroatoms. The lowest BCUT2D eigenvalue weighted by Gasteiger charge is -2.23. The number of nitrogens with one attached hydrogen (secondary N) is 2. The Hall–Kier alpha value is -1.39. The zero-order valence-corrected chi connectivity index (χ0v) is 11.1. The fourth-order valence-electron chi connectivity index (χ4n) is 2.77. The van der Waals surface area contributed by atoms with Crippen LogP contribution in [0.4, 0.5) is 5.69 Å². The van der Waals surface area contributed by atoms with E-state index < -0.39 is 0 Å². The van der Waals surface area contributed by atoms with Gasteiger partial charge < -0.3 is 15.4 Å². The van der Waals surface area contributed by atoms with Gasteiger partial charge in [-0.25, -0.2) is 0 Å². The first kappa shape index (κ1) is 12.6. The molecule has 2 aliphatic rings. The molecule has 1 fully saturated rings. The second-order valence-corrected chi connectivity index (χ2v) is 5.26. The second kappa shape index (κ2) is 5.72. The lowest BCUT2D eigenvalue weighted by atomic mass is 9.91. The van der Waals surface area contributed by atoms with Gasteiger partial charge in [0.05, 0.1) is 13.2 Å². The summed E-state index contributed by atoms with van der Waals surface area (Å²) in [6, 6.07) is 6.04. The SMILES string of the molecule is O=C(Nc1ccc2c(c1)CCCC2)C1COCCN1. The highest BCUT2D eigenvalue weighted by molar-refractivity contribution is 5.95. The number of hydrogen-bond acceptors (Lipinski definition) is 3. The van der Waals surface area contributed by atoms with E-state index in [4.69, 9.17) is 4.74 Å². The van der Waals surface area contributed by atoms with Crippen LogP contribution < -0.4 is 10.6 Å². The third kappa shape index (κ3) is 2.96. The molecule has 0 aromatic heterocycles. The van der Waals surface area contributed by atoms with E-state index >= 15 is 0 Å². The van der Waals surface area contributed by atoms with Crippen LogP contribution in [0.2, 0.25) is 0 Å². The third-order valence-electron chi connectivity index (χ3n) is 3.85. The summed E-state index contributed by atoms with van der Waals surface area (Å²) in [7, 11) is 0. The summed E-state index contributed by atoms with van der Waals surface area (Å²) in [4.78, 5) is 12.1. The number of amides is 1. The van der Waals surface area contributed by atoms with Gasteiger partial charge in [-0.3, -0.25) is 4.79 Å². The molecule has 1 aromatic carbocycles. The number of fused-ring (bicyclic) bond motifs is 1. The number of hydrogen-bond donors (Lipinski definition) is 2. The van der Waals surface area contributed by atoms with E-state index in [0.29, 0.717) is 13.2 Å². The van der Waals surface area contributed by atoms with Gasteiger partial charge in [-0.1, -0.05) is 6.07 Å². The highest BCUT2D eigenvalue weighted by Gasteiger charge is 2.21. The molecule has 1 atom stereocenters. The van der Waals surface area contributed by atoms with Crippen LogP contribution in [-0.4, -0.2) is 31.7 Å². The van der Waals surface area contributed by atoms with Gasteiger partial charge in [0, 0.05) is 12.2 Å². The molecular formula is C15H20N2O2. The molecule has 0 spiro atoms. The maximum absolute atomic E-state index is 12.1. The highest BCUT2D eigenvalue weighted by Crippen LogP contribution is 2.24. The molecule has 1 amide bonds. The largest absolute Gasteiger partial charge is 0.378 e. The second-order valence-electron chi connectivity index (χ2n) is 5.26. The molecule has 0 bridgehead atoms. The summed E-state index contributed by atoms with van der Waals surface area (Å²) in [5.41, 5.74) is 3.72. The summed E-state index contributed by atoms with van der Waals surface area (Å²) in [5.74, 6) is -0.00420. The van der Waals surface area contributed by atoms with Crippen molar-refractivity contribution >= 4 is 11.6 Å². The molecule has 1 aromatic rings. The van der Waals surface area contributed by atoms with Gasteiger partial charge in [-0.15, -0.1) is 0 Å². The normalized spacial score (nSPS) is 22.6. The first-order valence-electron chi connectivity index (χ1n) is 7.07. The van der Waals surface area contributed by atoms with Crippen molar-refractivity contribution in [2.45, 2.75) is 31.7 Å². The van der Waals surface area contributed by atoms with E-state index in [1.54, 1.807) is 0 Å². The number of anilines is 1. The Balaban J connectivity index is 1.67. The number of ether oxygens (including phenoxy) is 1. The average molecular weight is 260 g/mol. The average Bonchev–Trinajstić information content (AvgIpc) is 2.48. The van der Waals surface area contributed by atoms with E-state index in [0.717, 1.165) is 18.7 Å². The van der Waals surface area contributed by atoms with E-state index in [1.807, 2.05) is 6.07 Å². The topological polar surface area (TPSA) is 50.4 Å². The summed E-state index contributed by atoms with van der Waals surface area (Å²) in [5, 5.41) is 6.14. The Kier molecular flexibility index (Phi) is 3.80. The smallest absolute Gasteiger partial charge is 0.243 e. The van der Waals surface area contributed by atoms with Crippen LogP contribution in [0, 0.1) is 0 Å². The Bertz CT molecular complexity index is 467. The Morgan fingerprint density at radius 1 is 1.26 bits per heavy atom. The molecule has 0 radical (unpaired) electrons. The lowest BCUT2D eigenvalue weighted by molar-refractivity contribution is -0.120. The highest BCUT2D eigenvalue weighted by atomic mass is 16.5. The van der Waals surface area contributed by atoms with Gasteiger partial charge in [0.25, 0.3) is 0 Å². The fourth-order valence-corrected chi connectivity index (χ4v) is 2.77. The third-order valence-corrected chi connectivity index (χ3v) is 3.85. The van der Waals surface area contributed by atoms with Crippen LogP contribution in [0.3, 0.4) is 0 Å². The van der Waals surface area contributed by atoms with Gasteiger partial charge in [-0.2, -0.15) is 0 Å². The van der Waals surface area contributed by atoms with Crippen LogP contribution in [0.1, 0.15) is 24.0 Å². The predicted octanol–water partition coefficient (Wildman–Crippen LogP) is 1.49. The first-order valence-corrected chi connectivity index (χ1v) is 7.07. The zero-order chi connectivity index (χ0) is 13.1. The molecule has 102 valence electrons. The van der Waals surface area contributed by atoms with Crippen LogP contribution in [-0.2, 0) is 22.4 Å². The van der Waals surface area contributed by atoms with Crippen molar-refractivity contribution in [1.82, 2.24) is 5.32 Å². The van der Waals surface area contributed by atoms with E-state index in [9.17, 15) is 4.79 Å². The molecule has 2 N–H and O–H groups in total. The lowest BCUT2D eigenvalue weighted by Crippen LogP contribution is -2.48. The van der Waals surface area contributed by atoms with Gasteiger partial charge >= 0.3 is 0 Å². The van der Waals surface area contributed by atoms with Crippen LogP contribution >= 0.6 is 0 Å². The summed E-state index contributed by atoms with van der Waals surface area (Å²) >= 11 is 0. The van der Waals surface area contributed by atoms with E-state index in [-0.39, 0.29) is 11.9 Å². The summed E-state index contributed by atoms with van der Waals surface area (Å²) in [6.07, 6.45) is 4.83. The fraction of sp³-hybridized carbons (Fsp3) is 0.533. The van der Waals surface area contributed by atoms with Gasteiger partial charge in [-0.05, 0) is 48.9 Å². The molecular weight excluding hydrogens is 240 g/mol. The number of benzene rings is 1. The van der Waals surface area contributed by atoms with Gasteiger partial charge in [0.1, 0.15) is 6.04 Å². The monoisotopic (exact) mass is 260 g/mol. The Morgan fingerprint density at radius 3 is 2.89 bits per heavy atom. The molecule has 1 aliphatic heterocycles. The minimum Gasteiger partial charge on any atom is -0.378 e. The Morgan fingerprint density at radius 2 is 2.11 bits per heavy atom. The maximum atomic E-state index is 12.1. The molecule has 4 nitrogen and oxygen atoms in total. The van der Waals surface area contributed by atoms with Crippen LogP contribution in [0.25, 0.3) is 0 Å². The molecule has 1 saturated heterocycles. The van der Waals surface area contributed by atoms with Crippen molar-refractivity contribution < 1.29 is 9.53 Å². The van der Waals surface area contributed by atoms with Gasteiger partial charge in [0.2, 0.25) is 5.91 Å². The molecule has 3 rings (SSSR count). The maximum Gasteiger partial charge on any atom is 0.243 e. The molecule has 1 aliphatic carbocycles. The van der Waals surface area contributed by atoms with E-state index in [1.165, 1.54) is 30.4 Å². The summed E-state index contributed by atoms with van der Waals surface area (Å²) < 4.78 is 5.31. The summed E-state index contributed by atoms with van der Waals surface area (Å²) in [6.45, 7) is 1.88. The van der Waals surface area contributed by atoms with Crippen molar-refractivity contribution in [2.24, 2.45) is 0 Å². The molecule has 19 heavy (non-hydrogen) atoms. The number of aryl methyl sites for hydroxylation is 2. The van der Waals surface area contributed by atoms with Gasteiger partial charge in [0.15, 0.2) is 0 Å². The van der Waals surface area contributed by atoms with Crippen molar-refractivity contribution in [3.05, 3.63) is 29.3 Å². The number of morpholine rings is 1. The minimum atomic E-state index is -0.232. The van der Waals surface area contributed by atoms with Crippen molar-refractivity contribution in [3.63, 3.8) is 0 Å². The van der Waals surface area contributed by atoms with Crippen molar-refractivity contribution in [2.75, 3.05) is 25.1 Å². The number of carbonyl (C=O) groups excluding carboxylic acids is 1. The molecule has 0 saturated carbocycles. The van der Waals surface area contributed by atoms with Crippen molar-refractivity contribution in [1.29, 1.82) is 0 Å². The van der Waals surface area contributed by atoms with Crippen molar-refractivity contribution in [3.8, 4) is 0 Å². The minimum absolute atomic E-state index is 0.00420.